The van der Waals surface area contributed by atoms with E-state index in [4.69, 9.17) is 4.74 Å². The third-order valence-electron chi connectivity index (χ3n) is 3.91. The van der Waals surface area contributed by atoms with Crippen LogP contribution in [0.2, 0.25) is 0 Å². The van der Waals surface area contributed by atoms with E-state index in [-0.39, 0.29) is 5.97 Å². The summed E-state index contributed by atoms with van der Waals surface area (Å²) in [6, 6.07) is 4.04. The Morgan fingerprint density at radius 1 is 1.52 bits per heavy atom. The number of anilines is 1. The lowest BCUT2D eigenvalue weighted by Gasteiger charge is -2.37. The second kappa shape index (κ2) is 7.98. The average Bonchev–Trinajstić information content (AvgIpc) is 2.53. The molecule has 5 heteroatoms. The Kier molecular flexibility index (Phi) is 5.99. The van der Waals surface area contributed by atoms with Crippen LogP contribution in [0.4, 0.5) is 5.82 Å². The molecule has 0 amide bonds. The highest BCUT2D eigenvalue weighted by Crippen LogP contribution is 2.27. The standard InChI is InChI=1S/C16H25N3O2/c1-3-21-16(20)14-8-6-10-18-15(14)19-12-5-4-7-13(19)9-11-17-2/h6,8,10,13,17H,3-5,7,9,11-12H2,1-2H3. The van der Waals surface area contributed by atoms with Gasteiger partial charge in [-0.1, -0.05) is 0 Å². The molecule has 21 heavy (non-hydrogen) atoms. The first kappa shape index (κ1) is 15.8. The van der Waals surface area contributed by atoms with Gasteiger partial charge >= 0.3 is 5.97 Å². The van der Waals surface area contributed by atoms with Crippen molar-refractivity contribution in [2.45, 2.75) is 38.6 Å². The van der Waals surface area contributed by atoms with Crippen molar-refractivity contribution >= 4 is 11.8 Å². The van der Waals surface area contributed by atoms with Crippen molar-refractivity contribution in [3.8, 4) is 0 Å². The summed E-state index contributed by atoms with van der Waals surface area (Å²) >= 11 is 0. The van der Waals surface area contributed by atoms with Gasteiger partial charge in [0, 0.05) is 18.8 Å². The summed E-state index contributed by atoms with van der Waals surface area (Å²) in [6.45, 7) is 4.14. The molecule has 116 valence electrons. The van der Waals surface area contributed by atoms with E-state index >= 15 is 0 Å². The van der Waals surface area contributed by atoms with Gasteiger partial charge in [-0.15, -0.1) is 0 Å². The Bertz CT molecular complexity index is 465. The normalized spacial score (nSPS) is 18.6. The molecule has 1 aliphatic heterocycles. The van der Waals surface area contributed by atoms with Crippen LogP contribution in [-0.4, -0.2) is 43.7 Å². The van der Waals surface area contributed by atoms with Crippen LogP contribution < -0.4 is 10.2 Å². The highest BCUT2D eigenvalue weighted by atomic mass is 16.5. The van der Waals surface area contributed by atoms with Gasteiger partial charge in [0.25, 0.3) is 0 Å². The van der Waals surface area contributed by atoms with Crippen LogP contribution in [0.1, 0.15) is 43.0 Å². The lowest BCUT2D eigenvalue weighted by molar-refractivity contribution is 0.0526. The van der Waals surface area contributed by atoms with Gasteiger partial charge in [-0.25, -0.2) is 9.78 Å². The molecule has 0 saturated carbocycles. The predicted octanol–water partition coefficient (Wildman–Crippen LogP) is 2.23. The zero-order valence-corrected chi connectivity index (χ0v) is 13.0. The first-order valence-corrected chi connectivity index (χ1v) is 7.81. The van der Waals surface area contributed by atoms with Crippen LogP contribution in [0.3, 0.4) is 0 Å². The second-order valence-electron chi connectivity index (χ2n) is 5.33. The maximum Gasteiger partial charge on any atom is 0.341 e. The molecule has 5 nitrogen and oxygen atoms in total. The molecule has 1 aromatic rings. The minimum absolute atomic E-state index is 0.279. The van der Waals surface area contributed by atoms with Gasteiger partial charge in [0.15, 0.2) is 0 Å². The summed E-state index contributed by atoms with van der Waals surface area (Å²) in [7, 11) is 1.97. The van der Waals surface area contributed by atoms with Gasteiger partial charge in [-0.05, 0) is 58.3 Å². The van der Waals surface area contributed by atoms with Crippen molar-refractivity contribution in [1.82, 2.24) is 10.3 Å². The minimum Gasteiger partial charge on any atom is -0.462 e. The van der Waals surface area contributed by atoms with Gasteiger partial charge < -0.3 is 15.0 Å². The van der Waals surface area contributed by atoms with E-state index in [1.54, 1.807) is 12.3 Å². The molecule has 1 aromatic heterocycles. The molecule has 0 spiro atoms. The number of aromatic nitrogens is 1. The number of rotatable bonds is 6. The van der Waals surface area contributed by atoms with Gasteiger partial charge in [0.2, 0.25) is 0 Å². The molecule has 1 atom stereocenters. The van der Waals surface area contributed by atoms with Gasteiger partial charge in [-0.2, -0.15) is 0 Å². The molecule has 2 rings (SSSR count). The molecule has 1 N–H and O–H groups in total. The monoisotopic (exact) mass is 291 g/mol. The number of hydrogen-bond donors (Lipinski definition) is 1. The van der Waals surface area contributed by atoms with Gasteiger partial charge in [0.1, 0.15) is 11.4 Å². The van der Waals surface area contributed by atoms with Crippen molar-refractivity contribution in [2.24, 2.45) is 0 Å². The van der Waals surface area contributed by atoms with Crippen LogP contribution in [0.25, 0.3) is 0 Å². The fourth-order valence-electron chi connectivity index (χ4n) is 2.88. The van der Waals surface area contributed by atoms with E-state index in [1.807, 2.05) is 20.0 Å². The Balaban J connectivity index is 2.23. The number of carbonyl (C=O) groups excluding carboxylic acids is 1. The third kappa shape index (κ3) is 3.94. The molecular formula is C16H25N3O2. The number of nitrogens with zero attached hydrogens (tertiary/aromatic N) is 2. The average molecular weight is 291 g/mol. The topological polar surface area (TPSA) is 54.5 Å². The van der Waals surface area contributed by atoms with E-state index in [0.717, 1.165) is 38.2 Å². The second-order valence-corrected chi connectivity index (χ2v) is 5.33. The Labute approximate surface area is 126 Å². The first-order chi connectivity index (χ1) is 10.3. The largest absolute Gasteiger partial charge is 0.462 e. The van der Waals surface area contributed by atoms with Crippen LogP contribution in [-0.2, 0) is 4.74 Å². The lowest BCUT2D eigenvalue weighted by atomic mass is 9.98. The summed E-state index contributed by atoms with van der Waals surface area (Å²) < 4.78 is 5.16. The molecule has 0 aromatic carbocycles. The molecular weight excluding hydrogens is 266 g/mol. The molecule has 2 heterocycles. The number of piperidine rings is 1. The van der Waals surface area contributed by atoms with Crippen LogP contribution in [0.15, 0.2) is 18.3 Å². The Morgan fingerprint density at radius 2 is 2.38 bits per heavy atom. The zero-order chi connectivity index (χ0) is 15.1. The smallest absolute Gasteiger partial charge is 0.341 e. The zero-order valence-electron chi connectivity index (χ0n) is 13.0. The minimum atomic E-state index is -0.279. The number of pyridine rings is 1. The predicted molar refractivity (Wildman–Crippen MR) is 83.7 cm³/mol. The summed E-state index contributed by atoms with van der Waals surface area (Å²) in [5, 5.41) is 3.21. The fraction of sp³-hybridized carbons (Fsp3) is 0.625. The van der Waals surface area contributed by atoms with Crippen LogP contribution in [0.5, 0.6) is 0 Å². The Morgan fingerprint density at radius 3 is 3.14 bits per heavy atom. The van der Waals surface area contributed by atoms with Crippen molar-refractivity contribution < 1.29 is 9.53 Å². The Hall–Kier alpha value is -1.62. The fourth-order valence-corrected chi connectivity index (χ4v) is 2.88. The SMILES string of the molecule is CCOC(=O)c1cccnc1N1CCCCC1CCNC. The van der Waals surface area contributed by atoms with E-state index < -0.39 is 0 Å². The van der Waals surface area contributed by atoms with E-state index in [1.165, 1.54) is 6.42 Å². The number of esters is 1. The summed E-state index contributed by atoms with van der Waals surface area (Å²) in [4.78, 5) is 18.9. The third-order valence-corrected chi connectivity index (χ3v) is 3.91. The van der Waals surface area contributed by atoms with Crippen LogP contribution in [0, 0.1) is 0 Å². The van der Waals surface area contributed by atoms with Gasteiger partial charge in [0.05, 0.1) is 6.61 Å². The molecule has 1 fully saturated rings. The molecule has 1 aliphatic rings. The van der Waals surface area contributed by atoms with Crippen molar-refractivity contribution in [1.29, 1.82) is 0 Å². The highest BCUT2D eigenvalue weighted by molar-refractivity contribution is 5.94. The highest BCUT2D eigenvalue weighted by Gasteiger charge is 2.27. The molecule has 1 saturated heterocycles. The maximum absolute atomic E-state index is 12.1. The summed E-state index contributed by atoms with van der Waals surface area (Å²) in [5.74, 6) is 0.496. The number of carbonyl (C=O) groups is 1. The van der Waals surface area contributed by atoms with E-state index in [0.29, 0.717) is 18.2 Å². The molecule has 0 aliphatic carbocycles. The van der Waals surface area contributed by atoms with Crippen molar-refractivity contribution in [3.63, 3.8) is 0 Å². The lowest BCUT2D eigenvalue weighted by Crippen LogP contribution is -2.42. The maximum atomic E-state index is 12.1. The molecule has 0 radical (unpaired) electrons. The number of nitrogens with one attached hydrogen (secondary N) is 1. The first-order valence-electron chi connectivity index (χ1n) is 7.81. The van der Waals surface area contributed by atoms with E-state index in [2.05, 4.69) is 15.2 Å². The number of hydrogen-bond acceptors (Lipinski definition) is 5. The molecule has 0 bridgehead atoms. The summed E-state index contributed by atoms with van der Waals surface area (Å²) in [6.07, 6.45) is 6.36. The van der Waals surface area contributed by atoms with Crippen LogP contribution >= 0.6 is 0 Å². The van der Waals surface area contributed by atoms with Crippen molar-refractivity contribution in [2.75, 3.05) is 31.6 Å². The van der Waals surface area contributed by atoms with E-state index in [9.17, 15) is 4.79 Å². The molecule has 1 unspecified atom stereocenters. The quantitative estimate of drug-likeness (QED) is 0.815. The number of ether oxygens (including phenoxy) is 1. The summed E-state index contributed by atoms with van der Waals surface area (Å²) in [5.41, 5.74) is 0.579. The van der Waals surface area contributed by atoms with Gasteiger partial charge in [-0.3, -0.25) is 0 Å². The van der Waals surface area contributed by atoms with Crippen molar-refractivity contribution in [3.05, 3.63) is 23.9 Å².